The third-order valence-electron chi connectivity index (χ3n) is 3.85. The summed E-state index contributed by atoms with van der Waals surface area (Å²) in [5.41, 5.74) is 1.56. The van der Waals surface area contributed by atoms with E-state index in [1.165, 1.54) is 11.3 Å². The number of ether oxygens (including phenoxy) is 1. The predicted octanol–water partition coefficient (Wildman–Crippen LogP) is 4.07. The highest BCUT2D eigenvalue weighted by Crippen LogP contribution is 2.32. The summed E-state index contributed by atoms with van der Waals surface area (Å²) in [5.74, 6) is -0.650. The number of carbonyl (C=O) groups is 2. The number of aromatic nitrogens is 1. The zero-order valence-electron chi connectivity index (χ0n) is 14.7. The van der Waals surface area contributed by atoms with Crippen LogP contribution in [-0.4, -0.2) is 29.0 Å². The molecule has 2 aromatic rings. The predicted molar refractivity (Wildman–Crippen MR) is 98.0 cm³/mol. The number of methoxy groups -OCH3 is 1. The van der Waals surface area contributed by atoms with E-state index in [9.17, 15) is 14.7 Å². The Hall–Kier alpha value is -2.21. The van der Waals surface area contributed by atoms with Crippen LogP contribution in [0.1, 0.15) is 32.4 Å². The van der Waals surface area contributed by atoms with Crippen molar-refractivity contribution in [2.75, 3.05) is 7.11 Å². The number of para-hydroxylation sites is 1. The highest BCUT2D eigenvalue weighted by Gasteiger charge is 2.23. The fourth-order valence-electron chi connectivity index (χ4n) is 2.72. The van der Waals surface area contributed by atoms with E-state index in [4.69, 9.17) is 4.74 Å². The molecule has 0 spiro atoms. The summed E-state index contributed by atoms with van der Waals surface area (Å²) in [5, 5.41) is 11.9. The van der Waals surface area contributed by atoms with Gasteiger partial charge < -0.3 is 9.84 Å². The molecule has 0 fully saturated rings. The number of hydrogen-bond donors (Lipinski definition) is 1. The van der Waals surface area contributed by atoms with Gasteiger partial charge in [0.15, 0.2) is 0 Å². The highest BCUT2D eigenvalue weighted by molar-refractivity contribution is 7.13. The summed E-state index contributed by atoms with van der Waals surface area (Å²) >= 11 is 1.45. The van der Waals surface area contributed by atoms with Crippen molar-refractivity contribution in [3.8, 4) is 16.3 Å². The lowest BCUT2D eigenvalue weighted by atomic mass is 9.91. The van der Waals surface area contributed by atoms with Crippen LogP contribution in [0.2, 0.25) is 0 Å². The van der Waals surface area contributed by atoms with Crippen molar-refractivity contribution < 1.29 is 19.4 Å². The number of hydrogen-bond acceptors (Lipinski definition) is 5. The Labute approximate surface area is 151 Å². The van der Waals surface area contributed by atoms with E-state index in [1.54, 1.807) is 7.11 Å². The summed E-state index contributed by atoms with van der Waals surface area (Å²) < 4.78 is 5.34. The van der Waals surface area contributed by atoms with E-state index in [0.717, 1.165) is 16.3 Å². The third-order valence-corrected chi connectivity index (χ3v) is 4.77. The van der Waals surface area contributed by atoms with Crippen molar-refractivity contribution in [2.24, 2.45) is 11.8 Å². The van der Waals surface area contributed by atoms with Gasteiger partial charge in [-0.3, -0.25) is 9.59 Å². The molecule has 1 N–H and O–H groups in total. The molecule has 0 saturated heterocycles. The number of nitrogens with zero attached hydrogens (tertiary/aromatic N) is 1. The van der Waals surface area contributed by atoms with Crippen molar-refractivity contribution in [1.82, 2.24) is 4.98 Å². The normalized spacial score (nSPS) is 12.2. The van der Waals surface area contributed by atoms with Crippen LogP contribution < -0.4 is 4.74 Å². The molecule has 0 radical (unpaired) electrons. The molecule has 0 aliphatic rings. The minimum Gasteiger partial charge on any atom is -0.496 e. The van der Waals surface area contributed by atoms with Crippen molar-refractivity contribution in [3.63, 3.8) is 0 Å². The maximum Gasteiger partial charge on any atom is 0.306 e. The smallest absolute Gasteiger partial charge is 0.306 e. The van der Waals surface area contributed by atoms with Gasteiger partial charge in [0.1, 0.15) is 16.5 Å². The van der Waals surface area contributed by atoms with Crippen LogP contribution >= 0.6 is 11.3 Å². The summed E-state index contributed by atoms with van der Waals surface area (Å²) in [6.45, 7) is 3.92. The second-order valence-corrected chi connectivity index (χ2v) is 7.29. The SMILES string of the molecule is COc1ccccc1-c1nc(CC(=O)C[C@@H](CC(C)C)C(=O)O)cs1. The fraction of sp³-hybridized carbons (Fsp3) is 0.421. The van der Waals surface area contributed by atoms with Gasteiger partial charge in [-0.25, -0.2) is 4.98 Å². The first kappa shape index (κ1) is 19.1. The van der Waals surface area contributed by atoms with Crippen LogP contribution in [0.3, 0.4) is 0 Å². The van der Waals surface area contributed by atoms with Gasteiger partial charge in [0.2, 0.25) is 0 Å². The van der Waals surface area contributed by atoms with E-state index in [-0.39, 0.29) is 24.5 Å². The molecule has 1 aromatic carbocycles. The van der Waals surface area contributed by atoms with Gasteiger partial charge >= 0.3 is 5.97 Å². The van der Waals surface area contributed by atoms with Gasteiger partial charge in [0.05, 0.1) is 24.3 Å². The average Bonchev–Trinajstić information content (AvgIpc) is 3.01. The van der Waals surface area contributed by atoms with Crippen LogP contribution in [-0.2, 0) is 16.0 Å². The molecule has 0 saturated carbocycles. The zero-order chi connectivity index (χ0) is 18.4. The van der Waals surface area contributed by atoms with Gasteiger partial charge in [-0.05, 0) is 24.5 Å². The maximum atomic E-state index is 12.3. The molecule has 0 aliphatic heterocycles. The van der Waals surface area contributed by atoms with E-state index in [2.05, 4.69) is 4.98 Å². The monoisotopic (exact) mass is 361 g/mol. The van der Waals surface area contributed by atoms with Crippen LogP contribution in [0.15, 0.2) is 29.6 Å². The molecule has 0 bridgehead atoms. The highest BCUT2D eigenvalue weighted by atomic mass is 32.1. The minimum atomic E-state index is -0.907. The first-order chi connectivity index (χ1) is 11.9. The van der Waals surface area contributed by atoms with E-state index in [0.29, 0.717) is 12.1 Å². The van der Waals surface area contributed by atoms with E-state index >= 15 is 0 Å². The molecule has 134 valence electrons. The van der Waals surface area contributed by atoms with Gasteiger partial charge in [0, 0.05) is 18.2 Å². The molecule has 0 amide bonds. The second kappa shape index (κ2) is 8.76. The molecule has 0 unspecified atom stereocenters. The number of thiazole rings is 1. The van der Waals surface area contributed by atoms with Gasteiger partial charge in [-0.15, -0.1) is 11.3 Å². The average molecular weight is 361 g/mol. The largest absolute Gasteiger partial charge is 0.496 e. The van der Waals surface area contributed by atoms with Crippen molar-refractivity contribution >= 4 is 23.1 Å². The number of aliphatic carboxylic acids is 1. The van der Waals surface area contributed by atoms with Crippen LogP contribution in [0.5, 0.6) is 5.75 Å². The lowest BCUT2D eigenvalue weighted by Gasteiger charge is -2.13. The molecule has 1 atom stereocenters. The molecule has 5 nitrogen and oxygen atoms in total. The summed E-state index contributed by atoms with van der Waals surface area (Å²) in [7, 11) is 1.61. The Morgan fingerprint density at radius 3 is 2.64 bits per heavy atom. The molecule has 25 heavy (non-hydrogen) atoms. The molecule has 1 heterocycles. The number of carboxylic acids is 1. The van der Waals surface area contributed by atoms with Crippen molar-refractivity contribution in [1.29, 1.82) is 0 Å². The Kier molecular flexibility index (Phi) is 6.70. The standard InChI is InChI=1S/C19H23NO4S/c1-12(2)8-13(19(22)23)9-15(21)10-14-11-25-18(20-14)16-6-4-5-7-17(16)24-3/h4-7,11-13H,8-10H2,1-3H3,(H,22,23)/t13-/m1/s1. The van der Waals surface area contributed by atoms with Crippen molar-refractivity contribution in [2.45, 2.75) is 33.1 Å². The molecule has 1 aromatic heterocycles. The lowest BCUT2D eigenvalue weighted by Crippen LogP contribution is -2.20. The fourth-order valence-corrected chi connectivity index (χ4v) is 3.57. The minimum absolute atomic E-state index is 0.0506. The van der Waals surface area contributed by atoms with E-state index in [1.807, 2.05) is 43.5 Å². The molecule has 0 aliphatic carbocycles. The number of rotatable bonds is 9. The van der Waals surface area contributed by atoms with Crippen molar-refractivity contribution in [3.05, 3.63) is 35.3 Å². The number of ketones is 1. The first-order valence-electron chi connectivity index (χ1n) is 8.23. The van der Waals surface area contributed by atoms with E-state index < -0.39 is 11.9 Å². The summed E-state index contributed by atoms with van der Waals surface area (Å²) in [6.07, 6.45) is 0.715. The Morgan fingerprint density at radius 2 is 2.00 bits per heavy atom. The van der Waals surface area contributed by atoms with Gasteiger partial charge in [0.25, 0.3) is 0 Å². The number of benzene rings is 1. The number of Topliss-reactive ketones (excluding diaryl/α,β-unsaturated/α-hetero) is 1. The number of carboxylic acid groups (broad SMARTS) is 1. The maximum absolute atomic E-state index is 12.3. The first-order valence-corrected chi connectivity index (χ1v) is 9.11. The Bertz CT molecular complexity index is 739. The molecule has 6 heteroatoms. The Morgan fingerprint density at radius 1 is 1.28 bits per heavy atom. The van der Waals surface area contributed by atoms with Gasteiger partial charge in [-0.1, -0.05) is 26.0 Å². The van der Waals surface area contributed by atoms with Crippen LogP contribution in [0, 0.1) is 11.8 Å². The lowest BCUT2D eigenvalue weighted by molar-refractivity contribution is -0.144. The summed E-state index contributed by atoms with van der Waals surface area (Å²) in [6, 6.07) is 7.59. The second-order valence-electron chi connectivity index (χ2n) is 6.43. The Balaban J connectivity index is 2.05. The topological polar surface area (TPSA) is 76.5 Å². The third kappa shape index (κ3) is 5.39. The number of carbonyl (C=O) groups excluding carboxylic acids is 1. The summed E-state index contributed by atoms with van der Waals surface area (Å²) in [4.78, 5) is 28.1. The molecular formula is C19H23NO4S. The van der Waals surface area contributed by atoms with Crippen LogP contribution in [0.4, 0.5) is 0 Å². The van der Waals surface area contributed by atoms with Crippen LogP contribution in [0.25, 0.3) is 10.6 Å². The van der Waals surface area contributed by atoms with Gasteiger partial charge in [-0.2, -0.15) is 0 Å². The quantitative estimate of drug-likeness (QED) is 0.728. The molecular weight excluding hydrogens is 338 g/mol. The zero-order valence-corrected chi connectivity index (χ0v) is 15.5. The molecule has 2 rings (SSSR count).